The van der Waals surface area contributed by atoms with Crippen molar-refractivity contribution in [1.82, 2.24) is 0 Å². The number of benzene rings is 1. The van der Waals surface area contributed by atoms with Crippen LogP contribution in [0.15, 0.2) is 18.2 Å². The van der Waals surface area contributed by atoms with Crippen molar-refractivity contribution in [2.24, 2.45) is 0 Å². The Morgan fingerprint density at radius 2 is 2.00 bits per heavy atom. The van der Waals surface area contributed by atoms with E-state index in [1.54, 1.807) is 6.92 Å². The molecule has 4 heteroatoms. The molecule has 2 nitrogen and oxygen atoms in total. The lowest BCUT2D eigenvalue weighted by atomic mass is 9.80. The zero-order chi connectivity index (χ0) is 8.43. The summed E-state index contributed by atoms with van der Waals surface area (Å²) in [6.07, 6.45) is 0. The zero-order valence-electron chi connectivity index (χ0n) is 6.08. The van der Waals surface area contributed by atoms with Gasteiger partial charge in [0, 0.05) is 2.85 Å². The van der Waals surface area contributed by atoms with E-state index in [9.17, 15) is 4.39 Å². The molecule has 0 saturated carbocycles. The molecule has 0 aliphatic carbocycles. The van der Waals surface area contributed by atoms with Gasteiger partial charge < -0.3 is 10.0 Å². The van der Waals surface area contributed by atoms with Gasteiger partial charge in [-0.2, -0.15) is 0 Å². The fourth-order valence-corrected chi connectivity index (χ4v) is 0.914. The topological polar surface area (TPSA) is 40.5 Å². The third-order valence-electron chi connectivity index (χ3n) is 1.36. The Morgan fingerprint density at radius 1 is 1.36 bits per heavy atom. The highest BCUT2D eigenvalue weighted by atomic mass is 19.1. The third kappa shape index (κ3) is 2.03. The van der Waals surface area contributed by atoms with Gasteiger partial charge in [-0.1, -0.05) is 6.07 Å². The Bertz CT molecular complexity index is 250. The normalized spacial score (nSPS) is 9.82. The Morgan fingerprint density at radius 3 is 2.45 bits per heavy atom. The van der Waals surface area contributed by atoms with Crippen LogP contribution < -0.4 is 5.46 Å². The van der Waals surface area contributed by atoms with E-state index in [2.05, 4.69) is 0 Å². The molecule has 0 fully saturated rings. The van der Waals surface area contributed by atoms with Crippen molar-refractivity contribution in [1.29, 1.82) is 0 Å². The quantitative estimate of drug-likeness (QED) is 0.577. The molecule has 1 aromatic rings. The summed E-state index contributed by atoms with van der Waals surface area (Å²) in [6.45, 7) is 1.69. The number of rotatable bonds is 1. The van der Waals surface area contributed by atoms with Crippen molar-refractivity contribution in [3.8, 4) is 0 Å². The van der Waals surface area contributed by atoms with Crippen LogP contribution in [0.2, 0.25) is 0 Å². The molecule has 0 unspecified atom stereocenters. The standard InChI is InChI=1S/C7H8BFO2.2H2/c1-5-2-6(8(10)11)4-7(9)3-5;;/h2-4,10-11H,1H3;2*1H. The molecule has 0 amide bonds. The van der Waals surface area contributed by atoms with Crippen molar-refractivity contribution in [2.75, 3.05) is 0 Å². The molecule has 0 spiro atoms. The average Bonchev–Trinajstić information content (AvgIpc) is 1.85. The van der Waals surface area contributed by atoms with Gasteiger partial charge in [0.05, 0.1) is 0 Å². The molecule has 0 bridgehead atoms. The summed E-state index contributed by atoms with van der Waals surface area (Å²) in [5.74, 6) is -0.451. The number of halogens is 1. The lowest BCUT2D eigenvalue weighted by Crippen LogP contribution is -2.30. The monoisotopic (exact) mass is 158 g/mol. The average molecular weight is 158 g/mol. The molecule has 1 rings (SSSR count). The van der Waals surface area contributed by atoms with Gasteiger partial charge in [-0.25, -0.2) is 4.39 Å². The predicted molar refractivity (Wildman–Crippen MR) is 45.2 cm³/mol. The van der Waals surface area contributed by atoms with Gasteiger partial charge in [-0.05, 0) is 30.1 Å². The summed E-state index contributed by atoms with van der Waals surface area (Å²) in [5, 5.41) is 17.3. The second-order valence-corrected chi connectivity index (χ2v) is 2.44. The van der Waals surface area contributed by atoms with E-state index in [1.807, 2.05) is 0 Å². The van der Waals surface area contributed by atoms with E-state index < -0.39 is 12.9 Å². The molecule has 0 aliphatic heterocycles. The van der Waals surface area contributed by atoms with Gasteiger partial charge in [0.15, 0.2) is 0 Å². The van der Waals surface area contributed by atoms with Crippen molar-refractivity contribution in [3.63, 3.8) is 0 Å². The maximum absolute atomic E-state index is 12.6. The smallest absolute Gasteiger partial charge is 0.423 e. The molecule has 0 atom stereocenters. The molecule has 0 heterocycles. The highest BCUT2D eigenvalue weighted by molar-refractivity contribution is 6.58. The van der Waals surface area contributed by atoms with E-state index in [-0.39, 0.29) is 8.32 Å². The first-order chi connectivity index (χ1) is 5.09. The van der Waals surface area contributed by atoms with Crippen LogP contribution in [-0.2, 0) is 0 Å². The van der Waals surface area contributed by atoms with Gasteiger partial charge in [0.1, 0.15) is 5.82 Å². The number of hydrogen-bond donors (Lipinski definition) is 2. The van der Waals surface area contributed by atoms with E-state index >= 15 is 0 Å². The summed E-state index contributed by atoms with van der Waals surface area (Å²) >= 11 is 0. The maximum atomic E-state index is 12.6. The van der Waals surface area contributed by atoms with Crippen LogP contribution in [0.5, 0.6) is 0 Å². The Kier molecular flexibility index (Phi) is 2.26. The summed E-state index contributed by atoms with van der Waals surface area (Å²) in [4.78, 5) is 0. The fraction of sp³-hybridized carbons (Fsp3) is 0.143. The van der Waals surface area contributed by atoms with E-state index in [1.165, 1.54) is 12.1 Å². The number of aryl methyl sites for hydroxylation is 1. The molecule has 62 valence electrons. The SMILES string of the molecule is Cc1cc(F)cc(B(O)O)c1.[HH].[HH]. The van der Waals surface area contributed by atoms with Crippen molar-refractivity contribution >= 4 is 12.6 Å². The van der Waals surface area contributed by atoms with E-state index in [0.717, 1.165) is 6.07 Å². The minimum Gasteiger partial charge on any atom is -0.423 e. The van der Waals surface area contributed by atoms with E-state index in [0.29, 0.717) is 5.56 Å². The highest BCUT2D eigenvalue weighted by Crippen LogP contribution is 1.99. The minimum atomic E-state index is -1.59. The molecule has 1 aromatic carbocycles. The number of hydrogen-bond acceptors (Lipinski definition) is 2. The van der Waals surface area contributed by atoms with Gasteiger partial charge in [-0.15, -0.1) is 0 Å². The molecule has 0 aliphatic rings. The van der Waals surface area contributed by atoms with Crippen molar-refractivity contribution in [3.05, 3.63) is 29.6 Å². The molecule has 0 aromatic heterocycles. The van der Waals surface area contributed by atoms with Crippen LogP contribution in [0.3, 0.4) is 0 Å². The predicted octanol–water partition coefficient (Wildman–Crippen LogP) is 0.306. The van der Waals surface area contributed by atoms with Crippen molar-refractivity contribution in [2.45, 2.75) is 6.92 Å². The van der Waals surface area contributed by atoms with Gasteiger partial charge >= 0.3 is 7.12 Å². The summed E-state index contributed by atoms with van der Waals surface area (Å²) in [5.41, 5.74) is 0.857. The lowest BCUT2D eigenvalue weighted by Gasteiger charge is -2.00. The van der Waals surface area contributed by atoms with Crippen LogP contribution >= 0.6 is 0 Å². The first-order valence-electron chi connectivity index (χ1n) is 3.23. The van der Waals surface area contributed by atoms with Gasteiger partial charge in [0.25, 0.3) is 0 Å². The molecule has 11 heavy (non-hydrogen) atoms. The minimum absolute atomic E-state index is 0. The first kappa shape index (κ1) is 8.23. The van der Waals surface area contributed by atoms with Crippen LogP contribution in [0.1, 0.15) is 8.42 Å². The second kappa shape index (κ2) is 3.03. The summed E-state index contributed by atoms with van der Waals surface area (Å²) in [6, 6.07) is 3.94. The van der Waals surface area contributed by atoms with Crippen LogP contribution in [-0.4, -0.2) is 17.2 Å². The second-order valence-electron chi connectivity index (χ2n) is 2.44. The molecule has 0 radical (unpaired) electrons. The van der Waals surface area contributed by atoms with Crippen LogP contribution in [0.25, 0.3) is 0 Å². The maximum Gasteiger partial charge on any atom is 0.488 e. The van der Waals surface area contributed by atoms with E-state index in [4.69, 9.17) is 10.0 Å². The summed E-state index contributed by atoms with van der Waals surface area (Å²) < 4.78 is 12.6. The molecule has 2 N–H and O–H groups in total. The zero-order valence-corrected chi connectivity index (χ0v) is 6.08. The van der Waals surface area contributed by atoms with Crippen LogP contribution in [0.4, 0.5) is 4.39 Å². The van der Waals surface area contributed by atoms with Crippen molar-refractivity contribution < 1.29 is 17.3 Å². The highest BCUT2D eigenvalue weighted by Gasteiger charge is 2.11. The van der Waals surface area contributed by atoms with Crippen LogP contribution in [0, 0.1) is 12.7 Å². The Labute approximate surface area is 67.4 Å². The largest absolute Gasteiger partial charge is 0.488 e. The fourth-order valence-electron chi connectivity index (χ4n) is 0.914. The molecule has 0 saturated heterocycles. The molecular weight excluding hydrogens is 146 g/mol. The third-order valence-corrected chi connectivity index (χ3v) is 1.36. The first-order valence-corrected chi connectivity index (χ1v) is 3.23. The van der Waals surface area contributed by atoms with Gasteiger partial charge in [-0.3, -0.25) is 0 Å². The lowest BCUT2D eigenvalue weighted by molar-refractivity contribution is 0.425. The Hall–Kier alpha value is -0.865. The molecular formula is C7H12BFO2. The van der Waals surface area contributed by atoms with Gasteiger partial charge in [0.2, 0.25) is 0 Å². The Balaban J connectivity index is 0. The summed E-state index contributed by atoms with van der Waals surface area (Å²) in [7, 11) is -1.59.